The van der Waals surface area contributed by atoms with E-state index in [4.69, 9.17) is 4.74 Å². The number of benzene rings is 1. The fourth-order valence-corrected chi connectivity index (χ4v) is 3.21. The molecule has 1 aromatic carbocycles. The molecule has 0 aromatic heterocycles. The van der Waals surface area contributed by atoms with Crippen LogP contribution >= 0.6 is 0 Å². The first-order chi connectivity index (χ1) is 10.5. The highest BCUT2D eigenvalue weighted by Crippen LogP contribution is 2.42. The Balaban J connectivity index is 2.40. The molecule has 2 N–H and O–H groups in total. The van der Waals surface area contributed by atoms with Gasteiger partial charge in [-0.3, -0.25) is 4.90 Å². The maximum Gasteiger partial charge on any atom is 0.124 e. The number of para-hydroxylation sites is 1. The number of ether oxygens (including phenoxy) is 1. The number of rotatable bonds is 6. The molecule has 2 rings (SSSR count). The number of nitrogens with one attached hydrogen (secondary N) is 1. The second kappa shape index (κ2) is 7.44. The van der Waals surface area contributed by atoms with Crippen molar-refractivity contribution in [2.45, 2.75) is 39.8 Å². The summed E-state index contributed by atoms with van der Waals surface area (Å²) in [5.41, 5.74) is 0.950. The van der Waals surface area contributed by atoms with Gasteiger partial charge in [0.15, 0.2) is 0 Å². The number of aliphatic hydroxyl groups excluding tert-OH is 1. The third-order valence-electron chi connectivity index (χ3n) is 4.24. The van der Waals surface area contributed by atoms with Crippen LogP contribution in [0.3, 0.4) is 0 Å². The largest absolute Gasteiger partial charge is 0.491 e. The molecule has 0 radical (unpaired) electrons. The molecular formula is C18H30N2O2. The molecule has 0 unspecified atom stereocenters. The Morgan fingerprint density at radius 2 is 1.86 bits per heavy atom. The zero-order valence-corrected chi connectivity index (χ0v) is 14.3. The van der Waals surface area contributed by atoms with Gasteiger partial charge in [-0.25, -0.2) is 0 Å². The van der Waals surface area contributed by atoms with Crippen LogP contribution in [0.4, 0.5) is 0 Å². The number of aliphatic hydroxyl groups is 1. The molecular weight excluding hydrogens is 276 g/mol. The quantitative estimate of drug-likeness (QED) is 0.847. The van der Waals surface area contributed by atoms with Gasteiger partial charge in [-0.2, -0.15) is 0 Å². The minimum atomic E-state index is -0.228. The summed E-state index contributed by atoms with van der Waals surface area (Å²) < 4.78 is 6.03. The lowest BCUT2D eigenvalue weighted by Gasteiger charge is -2.44. The smallest absolute Gasteiger partial charge is 0.124 e. The SMILES string of the molecule is CC(C)Oc1ccccc1[C@@H](N1CCNCC1)C(C)(C)CO. The summed E-state index contributed by atoms with van der Waals surface area (Å²) in [5, 5.41) is 13.3. The summed E-state index contributed by atoms with van der Waals surface area (Å²) in [6, 6.07) is 8.40. The van der Waals surface area contributed by atoms with Gasteiger partial charge in [0.1, 0.15) is 5.75 Å². The van der Waals surface area contributed by atoms with Crippen molar-refractivity contribution in [3.8, 4) is 5.75 Å². The van der Waals surface area contributed by atoms with E-state index in [1.807, 2.05) is 26.0 Å². The second-order valence-electron chi connectivity index (χ2n) is 7.04. The second-order valence-corrected chi connectivity index (χ2v) is 7.04. The molecule has 0 amide bonds. The molecule has 1 aromatic rings. The lowest BCUT2D eigenvalue weighted by molar-refractivity contribution is 0.0284. The molecule has 1 fully saturated rings. The first-order valence-electron chi connectivity index (χ1n) is 8.27. The van der Waals surface area contributed by atoms with Crippen LogP contribution in [0.2, 0.25) is 0 Å². The van der Waals surface area contributed by atoms with E-state index in [1.165, 1.54) is 5.56 Å². The monoisotopic (exact) mass is 306 g/mol. The molecule has 0 spiro atoms. The van der Waals surface area contributed by atoms with E-state index < -0.39 is 0 Å². The fraction of sp³-hybridized carbons (Fsp3) is 0.667. The van der Waals surface area contributed by atoms with Crippen LogP contribution in [-0.2, 0) is 0 Å². The maximum atomic E-state index is 9.95. The summed E-state index contributed by atoms with van der Waals surface area (Å²) >= 11 is 0. The molecule has 1 heterocycles. The third kappa shape index (κ3) is 4.00. The predicted octanol–water partition coefficient (Wildman–Crippen LogP) is 2.44. The normalized spacial score (nSPS) is 18.5. The van der Waals surface area contributed by atoms with Crippen molar-refractivity contribution in [2.24, 2.45) is 5.41 Å². The molecule has 4 nitrogen and oxygen atoms in total. The molecule has 0 aliphatic carbocycles. The molecule has 22 heavy (non-hydrogen) atoms. The predicted molar refractivity (Wildman–Crippen MR) is 90.3 cm³/mol. The van der Waals surface area contributed by atoms with Crippen LogP contribution in [0.15, 0.2) is 24.3 Å². The average Bonchev–Trinajstić information content (AvgIpc) is 2.49. The Morgan fingerprint density at radius 3 is 2.45 bits per heavy atom. The third-order valence-corrected chi connectivity index (χ3v) is 4.24. The summed E-state index contributed by atoms with van der Waals surface area (Å²) in [6.07, 6.45) is 0.141. The molecule has 0 bridgehead atoms. The fourth-order valence-electron chi connectivity index (χ4n) is 3.21. The van der Waals surface area contributed by atoms with Crippen molar-refractivity contribution >= 4 is 0 Å². The molecule has 1 atom stereocenters. The van der Waals surface area contributed by atoms with E-state index in [0.29, 0.717) is 0 Å². The van der Waals surface area contributed by atoms with Gasteiger partial charge in [-0.1, -0.05) is 32.0 Å². The zero-order chi connectivity index (χ0) is 16.2. The van der Waals surface area contributed by atoms with E-state index in [0.717, 1.165) is 31.9 Å². The van der Waals surface area contributed by atoms with Crippen LogP contribution in [0, 0.1) is 5.41 Å². The summed E-state index contributed by atoms with van der Waals surface area (Å²) in [4.78, 5) is 2.47. The van der Waals surface area contributed by atoms with Gasteiger partial charge in [0.2, 0.25) is 0 Å². The van der Waals surface area contributed by atoms with Gasteiger partial charge in [-0.15, -0.1) is 0 Å². The van der Waals surface area contributed by atoms with Crippen molar-refractivity contribution in [2.75, 3.05) is 32.8 Å². The highest BCUT2D eigenvalue weighted by molar-refractivity contribution is 5.37. The first-order valence-corrected chi connectivity index (χ1v) is 8.27. The van der Waals surface area contributed by atoms with Crippen molar-refractivity contribution in [1.29, 1.82) is 0 Å². The minimum Gasteiger partial charge on any atom is -0.491 e. The Hall–Kier alpha value is -1.10. The first kappa shape index (κ1) is 17.3. The van der Waals surface area contributed by atoms with Gasteiger partial charge in [0.25, 0.3) is 0 Å². The molecule has 1 aliphatic heterocycles. The van der Waals surface area contributed by atoms with E-state index in [9.17, 15) is 5.11 Å². The van der Waals surface area contributed by atoms with E-state index in [1.54, 1.807) is 0 Å². The van der Waals surface area contributed by atoms with Crippen molar-refractivity contribution in [3.63, 3.8) is 0 Å². The Labute approximate surface area is 134 Å². The number of hydrogen-bond donors (Lipinski definition) is 2. The van der Waals surface area contributed by atoms with Gasteiger partial charge in [0.05, 0.1) is 6.10 Å². The number of hydrogen-bond acceptors (Lipinski definition) is 4. The van der Waals surface area contributed by atoms with E-state index >= 15 is 0 Å². The van der Waals surface area contributed by atoms with Crippen molar-refractivity contribution < 1.29 is 9.84 Å². The van der Waals surface area contributed by atoms with Crippen LogP contribution < -0.4 is 10.1 Å². The highest BCUT2D eigenvalue weighted by atomic mass is 16.5. The maximum absolute atomic E-state index is 9.95. The van der Waals surface area contributed by atoms with Gasteiger partial charge in [-0.05, 0) is 19.9 Å². The van der Waals surface area contributed by atoms with E-state index in [2.05, 4.69) is 36.2 Å². The average molecular weight is 306 g/mol. The van der Waals surface area contributed by atoms with Crippen LogP contribution in [0.25, 0.3) is 0 Å². The topological polar surface area (TPSA) is 44.7 Å². The Bertz CT molecular complexity index is 468. The molecule has 124 valence electrons. The Morgan fingerprint density at radius 1 is 1.23 bits per heavy atom. The lowest BCUT2D eigenvalue weighted by atomic mass is 9.79. The number of piperazine rings is 1. The van der Waals surface area contributed by atoms with Crippen molar-refractivity contribution in [1.82, 2.24) is 10.2 Å². The standard InChI is InChI=1S/C18H30N2O2/c1-14(2)22-16-8-6-5-7-15(16)17(18(3,4)13-21)20-11-9-19-10-12-20/h5-8,14,17,19,21H,9-13H2,1-4H3/t17-/m1/s1. The zero-order valence-electron chi connectivity index (χ0n) is 14.3. The van der Waals surface area contributed by atoms with Crippen LogP contribution in [-0.4, -0.2) is 48.9 Å². The summed E-state index contributed by atoms with van der Waals surface area (Å²) in [5.74, 6) is 0.933. The summed E-state index contributed by atoms with van der Waals surface area (Å²) in [7, 11) is 0. The lowest BCUT2D eigenvalue weighted by Crippen LogP contribution is -2.49. The van der Waals surface area contributed by atoms with E-state index in [-0.39, 0.29) is 24.2 Å². The van der Waals surface area contributed by atoms with Gasteiger partial charge >= 0.3 is 0 Å². The highest BCUT2D eigenvalue weighted by Gasteiger charge is 2.37. The molecule has 1 aliphatic rings. The molecule has 1 saturated heterocycles. The minimum absolute atomic E-state index is 0.141. The van der Waals surface area contributed by atoms with Gasteiger partial charge in [0, 0.05) is 49.8 Å². The van der Waals surface area contributed by atoms with Crippen molar-refractivity contribution in [3.05, 3.63) is 29.8 Å². The van der Waals surface area contributed by atoms with Crippen LogP contribution in [0.5, 0.6) is 5.75 Å². The van der Waals surface area contributed by atoms with Gasteiger partial charge < -0.3 is 15.2 Å². The Kier molecular flexibility index (Phi) is 5.84. The molecule has 0 saturated carbocycles. The number of nitrogens with zero attached hydrogens (tertiary/aromatic N) is 1. The summed E-state index contributed by atoms with van der Waals surface area (Å²) in [6.45, 7) is 12.5. The van der Waals surface area contributed by atoms with Crippen LogP contribution in [0.1, 0.15) is 39.3 Å². The molecule has 4 heteroatoms.